The van der Waals surface area contributed by atoms with Crippen LogP contribution in [0.15, 0.2) is 24.3 Å². The van der Waals surface area contributed by atoms with Gasteiger partial charge in [-0.3, -0.25) is 4.79 Å². The van der Waals surface area contributed by atoms with Crippen LogP contribution in [0.3, 0.4) is 0 Å². The van der Waals surface area contributed by atoms with E-state index in [1.54, 1.807) is 24.3 Å². The lowest BCUT2D eigenvalue weighted by Gasteiger charge is -2.03. The number of nitrogens with one attached hydrogen (secondary N) is 1. The molecule has 0 saturated heterocycles. The predicted octanol–water partition coefficient (Wildman–Crippen LogP) is 2.15. The molecule has 1 aliphatic rings. The van der Waals surface area contributed by atoms with Gasteiger partial charge in [0.05, 0.1) is 11.6 Å². The Hall–Kier alpha value is -1.82. The third-order valence-corrected chi connectivity index (χ3v) is 2.71. The van der Waals surface area contributed by atoms with Gasteiger partial charge in [-0.2, -0.15) is 5.26 Å². The summed E-state index contributed by atoms with van der Waals surface area (Å²) in [6, 6.07) is 9.01. The fourth-order valence-corrected chi connectivity index (χ4v) is 1.59. The van der Waals surface area contributed by atoms with Crippen molar-refractivity contribution < 1.29 is 4.79 Å². The number of anilines is 1. The van der Waals surface area contributed by atoms with Crippen LogP contribution in [0.2, 0.25) is 0 Å². The van der Waals surface area contributed by atoms with E-state index in [-0.39, 0.29) is 11.8 Å². The highest BCUT2D eigenvalue weighted by atomic mass is 16.2. The van der Waals surface area contributed by atoms with E-state index in [1.807, 2.05) is 6.07 Å². The van der Waals surface area contributed by atoms with Crippen LogP contribution in [-0.2, 0) is 4.79 Å². The molecular formula is C12H12N2O. The van der Waals surface area contributed by atoms with Gasteiger partial charge in [-0.25, -0.2) is 0 Å². The van der Waals surface area contributed by atoms with Crippen molar-refractivity contribution in [3.8, 4) is 6.07 Å². The third-order valence-electron chi connectivity index (χ3n) is 2.71. The number of nitriles is 1. The minimum Gasteiger partial charge on any atom is -0.326 e. The van der Waals surface area contributed by atoms with E-state index in [9.17, 15) is 4.79 Å². The second-order valence-electron chi connectivity index (χ2n) is 4.00. The van der Waals surface area contributed by atoms with E-state index < -0.39 is 0 Å². The molecule has 15 heavy (non-hydrogen) atoms. The van der Waals surface area contributed by atoms with Crippen LogP contribution in [0.1, 0.15) is 18.9 Å². The van der Waals surface area contributed by atoms with Gasteiger partial charge in [0.25, 0.3) is 0 Å². The highest BCUT2D eigenvalue weighted by Crippen LogP contribution is 2.38. The van der Waals surface area contributed by atoms with Gasteiger partial charge in [-0.05, 0) is 30.5 Å². The van der Waals surface area contributed by atoms with Crippen molar-refractivity contribution in [2.75, 3.05) is 5.32 Å². The first kappa shape index (κ1) is 9.72. The highest BCUT2D eigenvalue weighted by Gasteiger charge is 2.38. The number of rotatable bonds is 2. The molecule has 0 unspecified atom stereocenters. The Morgan fingerprint density at radius 1 is 1.60 bits per heavy atom. The van der Waals surface area contributed by atoms with Crippen LogP contribution < -0.4 is 5.32 Å². The zero-order valence-electron chi connectivity index (χ0n) is 8.53. The zero-order chi connectivity index (χ0) is 10.8. The lowest BCUT2D eigenvalue weighted by atomic mass is 10.2. The molecule has 1 aromatic rings. The fourth-order valence-electron chi connectivity index (χ4n) is 1.59. The number of benzene rings is 1. The molecule has 76 valence electrons. The Morgan fingerprint density at radius 2 is 2.33 bits per heavy atom. The fraction of sp³-hybridized carbons (Fsp3) is 0.333. The van der Waals surface area contributed by atoms with E-state index in [2.05, 4.69) is 12.2 Å². The van der Waals surface area contributed by atoms with Gasteiger partial charge in [-0.15, -0.1) is 0 Å². The summed E-state index contributed by atoms with van der Waals surface area (Å²) in [5, 5.41) is 11.5. The van der Waals surface area contributed by atoms with E-state index >= 15 is 0 Å². The van der Waals surface area contributed by atoms with E-state index in [4.69, 9.17) is 5.26 Å². The summed E-state index contributed by atoms with van der Waals surface area (Å²) >= 11 is 0. The van der Waals surface area contributed by atoms with Gasteiger partial charge >= 0.3 is 0 Å². The molecule has 1 aromatic carbocycles. The molecule has 3 heteroatoms. The monoisotopic (exact) mass is 200 g/mol. The van der Waals surface area contributed by atoms with E-state index in [0.717, 1.165) is 6.42 Å². The molecule has 0 heterocycles. The lowest BCUT2D eigenvalue weighted by molar-refractivity contribution is -0.117. The van der Waals surface area contributed by atoms with Crippen LogP contribution in [-0.4, -0.2) is 5.91 Å². The van der Waals surface area contributed by atoms with Crippen LogP contribution in [0.4, 0.5) is 5.69 Å². The maximum Gasteiger partial charge on any atom is 0.227 e. The molecule has 0 aliphatic heterocycles. The van der Waals surface area contributed by atoms with Gasteiger partial charge < -0.3 is 5.32 Å². The minimum atomic E-state index is 0.0672. The maximum absolute atomic E-state index is 11.6. The van der Waals surface area contributed by atoms with Crippen molar-refractivity contribution in [1.82, 2.24) is 0 Å². The molecule has 2 atom stereocenters. The first-order valence-corrected chi connectivity index (χ1v) is 5.01. The van der Waals surface area contributed by atoms with Crippen molar-refractivity contribution in [2.45, 2.75) is 13.3 Å². The van der Waals surface area contributed by atoms with Crippen LogP contribution in [0, 0.1) is 23.2 Å². The largest absolute Gasteiger partial charge is 0.326 e. The first-order chi connectivity index (χ1) is 7.20. The van der Waals surface area contributed by atoms with Crippen LogP contribution in [0.5, 0.6) is 0 Å². The number of carbonyl (C=O) groups excluding carboxylic acids is 1. The smallest absolute Gasteiger partial charge is 0.227 e. The molecule has 1 amide bonds. The van der Waals surface area contributed by atoms with E-state index in [1.165, 1.54) is 0 Å². The maximum atomic E-state index is 11.6. The van der Waals surface area contributed by atoms with Gasteiger partial charge in [0, 0.05) is 11.6 Å². The van der Waals surface area contributed by atoms with Crippen molar-refractivity contribution in [3.05, 3.63) is 29.8 Å². The van der Waals surface area contributed by atoms with Gasteiger partial charge in [-0.1, -0.05) is 13.0 Å². The summed E-state index contributed by atoms with van der Waals surface area (Å²) in [4.78, 5) is 11.6. The van der Waals surface area contributed by atoms with Gasteiger partial charge in [0.1, 0.15) is 0 Å². The number of nitrogens with zero attached hydrogens (tertiary/aromatic N) is 1. The van der Waals surface area contributed by atoms with Crippen molar-refractivity contribution in [2.24, 2.45) is 11.8 Å². The average Bonchev–Trinajstić information content (AvgIpc) is 2.96. The third kappa shape index (κ3) is 2.16. The molecule has 0 radical (unpaired) electrons. The lowest BCUT2D eigenvalue weighted by Crippen LogP contribution is -2.14. The Balaban J connectivity index is 2.05. The molecule has 1 aliphatic carbocycles. The second kappa shape index (κ2) is 3.74. The summed E-state index contributed by atoms with van der Waals surface area (Å²) in [5.74, 6) is 0.734. The molecule has 1 saturated carbocycles. The van der Waals surface area contributed by atoms with Gasteiger partial charge in [0.15, 0.2) is 0 Å². The minimum absolute atomic E-state index is 0.0672. The summed E-state index contributed by atoms with van der Waals surface area (Å²) in [6.45, 7) is 2.07. The second-order valence-corrected chi connectivity index (χ2v) is 4.00. The first-order valence-electron chi connectivity index (χ1n) is 5.01. The van der Waals surface area contributed by atoms with Crippen LogP contribution >= 0.6 is 0 Å². The van der Waals surface area contributed by atoms with E-state index in [0.29, 0.717) is 17.2 Å². The molecule has 0 bridgehead atoms. The normalized spacial score (nSPS) is 22.9. The molecular weight excluding hydrogens is 188 g/mol. The van der Waals surface area contributed by atoms with Crippen molar-refractivity contribution in [3.63, 3.8) is 0 Å². The number of carbonyl (C=O) groups is 1. The van der Waals surface area contributed by atoms with Crippen molar-refractivity contribution in [1.29, 1.82) is 5.26 Å². The van der Waals surface area contributed by atoms with Crippen LogP contribution in [0.25, 0.3) is 0 Å². The predicted molar refractivity (Wildman–Crippen MR) is 57.1 cm³/mol. The SMILES string of the molecule is C[C@H]1C[C@@H]1C(=O)Nc1cccc(C#N)c1. The molecule has 1 N–H and O–H groups in total. The topological polar surface area (TPSA) is 52.9 Å². The highest BCUT2D eigenvalue weighted by molar-refractivity contribution is 5.94. The summed E-state index contributed by atoms with van der Waals surface area (Å²) in [7, 11) is 0. The Kier molecular flexibility index (Phi) is 2.42. The quantitative estimate of drug-likeness (QED) is 0.795. The number of hydrogen-bond donors (Lipinski definition) is 1. The molecule has 2 rings (SSSR count). The Bertz CT molecular complexity index is 433. The van der Waals surface area contributed by atoms with Gasteiger partial charge in [0.2, 0.25) is 5.91 Å². The Morgan fingerprint density at radius 3 is 2.93 bits per heavy atom. The average molecular weight is 200 g/mol. The summed E-state index contributed by atoms with van der Waals surface area (Å²) in [5.41, 5.74) is 1.27. The number of amides is 1. The zero-order valence-corrected chi connectivity index (χ0v) is 8.53. The Labute approximate surface area is 88.7 Å². The molecule has 0 aromatic heterocycles. The number of hydrogen-bond acceptors (Lipinski definition) is 2. The molecule has 0 spiro atoms. The summed E-state index contributed by atoms with van der Waals surface area (Å²) in [6.07, 6.45) is 0.976. The molecule has 3 nitrogen and oxygen atoms in total. The standard InChI is InChI=1S/C12H12N2O/c1-8-5-11(8)12(15)14-10-4-2-3-9(6-10)7-13/h2-4,6,8,11H,5H2,1H3,(H,14,15)/t8-,11-/m0/s1. The summed E-state index contributed by atoms with van der Waals surface area (Å²) < 4.78 is 0. The molecule has 1 fully saturated rings. The van der Waals surface area contributed by atoms with Crippen molar-refractivity contribution >= 4 is 11.6 Å².